The van der Waals surface area contributed by atoms with Crippen LogP contribution in [-0.4, -0.2) is 37.9 Å². The number of anilines is 1. The number of pyridine rings is 1. The first-order chi connectivity index (χ1) is 15.3. The average molecular weight is 430 g/mol. The topological polar surface area (TPSA) is 58.4 Å². The zero-order valence-corrected chi connectivity index (χ0v) is 18.2. The first-order valence-corrected chi connectivity index (χ1v) is 11.5. The predicted octanol–water partition coefficient (Wildman–Crippen LogP) is 5.13. The van der Waals surface area contributed by atoms with Crippen LogP contribution in [0.1, 0.15) is 18.1 Å². The van der Waals surface area contributed by atoms with Gasteiger partial charge < -0.3 is 14.4 Å². The van der Waals surface area contributed by atoms with Gasteiger partial charge in [-0.2, -0.15) is 5.26 Å². The Bertz CT molecular complexity index is 1150. The quantitative estimate of drug-likeness (QED) is 0.573. The van der Waals surface area contributed by atoms with Crippen molar-refractivity contribution in [2.75, 3.05) is 37.8 Å². The fourth-order valence-electron chi connectivity index (χ4n) is 4.23. The number of aromatic nitrogens is 1. The molecule has 0 saturated carbocycles. The minimum Gasteiger partial charge on any atom is -0.477 e. The summed E-state index contributed by atoms with van der Waals surface area (Å²) in [6, 6.07) is 19.2. The third kappa shape index (κ3) is 3.65. The molecular weight excluding hydrogens is 406 g/mol. The molecule has 0 amide bonds. The number of morpholine rings is 1. The Hall–Kier alpha value is -3.01. The van der Waals surface area contributed by atoms with Gasteiger partial charge in [0.1, 0.15) is 11.6 Å². The summed E-state index contributed by atoms with van der Waals surface area (Å²) in [5, 5.41) is 10.0. The number of ether oxygens (including phenoxy) is 2. The number of rotatable bonds is 4. The van der Waals surface area contributed by atoms with E-state index in [9.17, 15) is 5.26 Å². The maximum absolute atomic E-state index is 10.0. The largest absolute Gasteiger partial charge is 0.477 e. The van der Waals surface area contributed by atoms with Gasteiger partial charge in [-0.25, -0.2) is 4.98 Å². The van der Waals surface area contributed by atoms with E-state index in [1.165, 1.54) is 10.6 Å². The van der Waals surface area contributed by atoms with Crippen molar-refractivity contribution in [3.05, 3.63) is 59.7 Å². The molecule has 1 aromatic heterocycles. The van der Waals surface area contributed by atoms with Crippen molar-refractivity contribution in [2.24, 2.45) is 0 Å². The molecule has 3 aromatic rings. The molecule has 2 aliphatic heterocycles. The first-order valence-electron chi connectivity index (χ1n) is 10.5. The van der Waals surface area contributed by atoms with Crippen LogP contribution in [0, 0.1) is 11.3 Å². The van der Waals surface area contributed by atoms with Crippen LogP contribution >= 0.6 is 11.8 Å². The third-order valence-electron chi connectivity index (χ3n) is 5.70. The highest BCUT2D eigenvalue weighted by Crippen LogP contribution is 2.47. The second kappa shape index (κ2) is 8.62. The second-order valence-electron chi connectivity index (χ2n) is 7.47. The highest BCUT2D eigenvalue weighted by Gasteiger charge is 2.27. The fraction of sp³-hybridized carbons (Fsp3) is 0.280. The van der Waals surface area contributed by atoms with E-state index in [4.69, 9.17) is 14.5 Å². The molecule has 6 heteroatoms. The summed E-state index contributed by atoms with van der Waals surface area (Å²) >= 11 is 1.79. The number of hydrogen-bond acceptors (Lipinski definition) is 6. The Labute approximate surface area is 186 Å². The van der Waals surface area contributed by atoms with E-state index >= 15 is 0 Å². The van der Waals surface area contributed by atoms with Crippen LogP contribution in [0.15, 0.2) is 53.4 Å². The number of nitrogens with zero attached hydrogens (tertiary/aromatic N) is 3. The van der Waals surface area contributed by atoms with Crippen LogP contribution in [0.4, 0.5) is 5.69 Å². The number of nitriles is 1. The molecule has 2 aliphatic rings. The normalized spacial score (nSPS) is 15.0. The van der Waals surface area contributed by atoms with Gasteiger partial charge >= 0.3 is 0 Å². The molecular formula is C25H23N3O2S. The number of hydrogen-bond donors (Lipinski definition) is 0. The van der Waals surface area contributed by atoms with Gasteiger partial charge in [0.25, 0.3) is 0 Å². The predicted molar refractivity (Wildman–Crippen MR) is 124 cm³/mol. The van der Waals surface area contributed by atoms with Crippen LogP contribution in [0.3, 0.4) is 0 Å². The monoisotopic (exact) mass is 429 g/mol. The fourth-order valence-corrected chi connectivity index (χ4v) is 5.30. The lowest BCUT2D eigenvalue weighted by Gasteiger charge is -2.29. The van der Waals surface area contributed by atoms with Crippen LogP contribution in [0.5, 0.6) is 5.88 Å². The van der Waals surface area contributed by atoms with Gasteiger partial charge in [0.15, 0.2) is 0 Å². The van der Waals surface area contributed by atoms with Crippen LogP contribution < -0.4 is 9.64 Å². The first kappa shape index (κ1) is 19.9. The molecule has 1 saturated heterocycles. The van der Waals surface area contributed by atoms with E-state index in [0.29, 0.717) is 18.1 Å². The third-order valence-corrected chi connectivity index (χ3v) is 6.80. The van der Waals surface area contributed by atoms with E-state index in [1.54, 1.807) is 11.8 Å². The van der Waals surface area contributed by atoms with E-state index in [2.05, 4.69) is 53.4 Å². The Kier molecular flexibility index (Phi) is 5.54. The molecule has 3 heterocycles. The summed E-state index contributed by atoms with van der Waals surface area (Å²) in [5.41, 5.74) is 6.77. The summed E-state index contributed by atoms with van der Waals surface area (Å²) in [6.45, 7) is 5.69. The minimum absolute atomic E-state index is 0.415. The lowest BCUT2D eigenvalue weighted by Crippen LogP contribution is -2.36. The molecule has 0 N–H and O–H groups in total. The van der Waals surface area contributed by atoms with E-state index in [-0.39, 0.29) is 0 Å². The summed E-state index contributed by atoms with van der Waals surface area (Å²) in [5.74, 6) is 1.19. The molecule has 0 aliphatic carbocycles. The lowest BCUT2D eigenvalue weighted by molar-refractivity contribution is 0.122. The van der Waals surface area contributed by atoms with Gasteiger partial charge in [0, 0.05) is 40.6 Å². The Balaban J connectivity index is 1.66. The zero-order chi connectivity index (χ0) is 21.2. The molecule has 5 nitrogen and oxygen atoms in total. The molecule has 0 unspecified atom stereocenters. The molecule has 0 atom stereocenters. The SMILES string of the molecule is CCOc1nc2c(c(-c3ccc(N4CCOCC4)cc3)c1C#N)CSc1ccccc1-2. The van der Waals surface area contributed by atoms with Crippen molar-refractivity contribution in [1.29, 1.82) is 5.26 Å². The van der Waals surface area contributed by atoms with Gasteiger partial charge in [-0.15, -0.1) is 11.8 Å². The van der Waals surface area contributed by atoms with E-state index in [0.717, 1.165) is 60.0 Å². The number of benzene rings is 2. The smallest absolute Gasteiger partial charge is 0.232 e. The highest BCUT2D eigenvalue weighted by molar-refractivity contribution is 7.98. The van der Waals surface area contributed by atoms with Crippen molar-refractivity contribution in [2.45, 2.75) is 17.6 Å². The highest BCUT2D eigenvalue weighted by atomic mass is 32.2. The Morgan fingerprint density at radius 1 is 1.13 bits per heavy atom. The number of thioether (sulfide) groups is 1. The molecule has 5 rings (SSSR count). The Morgan fingerprint density at radius 2 is 1.90 bits per heavy atom. The molecule has 156 valence electrons. The van der Waals surface area contributed by atoms with Crippen molar-refractivity contribution in [3.8, 4) is 34.3 Å². The summed E-state index contributed by atoms with van der Waals surface area (Å²) in [7, 11) is 0. The molecule has 1 fully saturated rings. The lowest BCUT2D eigenvalue weighted by atomic mass is 9.92. The number of fused-ring (bicyclic) bond motifs is 3. The van der Waals surface area contributed by atoms with Crippen molar-refractivity contribution in [3.63, 3.8) is 0 Å². The van der Waals surface area contributed by atoms with Crippen molar-refractivity contribution >= 4 is 17.4 Å². The minimum atomic E-state index is 0.415. The molecule has 2 aromatic carbocycles. The van der Waals surface area contributed by atoms with Crippen molar-refractivity contribution in [1.82, 2.24) is 4.98 Å². The van der Waals surface area contributed by atoms with Crippen molar-refractivity contribution < 1.29 is 9.47 Å². The molecule has 31 heavy (non-hydrogen) atoms. The zero-order valence-electron chi connectivity index (χ0n) is 17.4. The Morgan fingerprint density at radius 3 is 2.65 bits per heavy atom. The average Bonchev–Trinajstić information content (AvgIpc) is 2.84. The summed E-state index contributed by atoms with van der Waals surface area (Å²) in [6.07, 6.45) is 0. The van der Waals surface area contributed by atoms with Gasteiger partial charge in [-0.1, -0.05) is 30.3 Å². The standard InChI is InChI=1S/C25H23N3O2S/c1-2-30-25-20(15-26)23(17-7-9-18(10-8-17)28-11-13-29-14-12-28)21-16-31-22-6-4-3-5-19(22)24(21)27-25/h3-10H,2,11-14,16H2,1H3. The van der Waals surface area contributed by atoms with E-state index < -0.39 is 0 Å². The summed E-state index contributed by atoms with van der Waals surface area (Å²) < 4.78 is 11.3. The van der Waals surface area contributed by atoms with Crippen LogP contribution in [0.2, 0.25) is 0 Å². The molecule has 0 radical (unpaired) electrons. The maximum Gasteiger partial charge on any atom is 0.232 e. The van der Waals surface area contributed by atoms with Gasteiger partial charge in [-0.3, -0.25) is 0 Å². The molecule has 0 spiro atoms. The molecule has 0 bridgehead atoms. The van der Waals surface area contributed by atoms with Crippen LogP contribution in [0.25, 0.3) is 22.4 Å². The van der Waals surface area contributed by atoms with Gasteiger partial charge in [-0.05, 0) is 36.2 Å². The van der Waals surface area contributed by atoms with E-state index in [1.807, 2.05) is 13.0 Å². The second-order valence-corrected chi connectivity index (χ2v) is 8.49. The van der Waals surface area contributed by atoms with Gasteiger partial charge in [0.2, 0.25) is 5.88 Å². The van der Waals surface area contributed by atoms with Crippen LogP contribution in [-0.2, 0) is 10.5 Å². The maximum atomic E-state index is 10.0. The van der Waals surface area contributed by atoms with Gasteiger partial charge in [0.05, 0.1) is 25.5 Å². The summed E-state index contributed by atoms with van der Waals surface area (Å²) in [4.78, 5) is 8.36.